The molecule has 1 saturated heterocycles. The molecule has 0 atom stereocenters. The molecule has 0 radical (unpaired) electrons. The van der Waals surface area contributed by atoms with Crippen molar-refractivity contribution in [2.75, 3.05) is 37.7 Å². The molecule has 2 heterocycles. The highest BCUT2D eigenvalue weighted by Gasteiger charge is 2.24. The molecule has 0 unspecified atom stereocenters. The number of rotatable bonds is 4. The topological polar surface area (TPSA) is 62.7 Å². The van der Waals surface area contributed by atoms with Gasteiger partial charge in [-0.05, 0) is 49.7 Å². The van der Waals surface area contributed by atoms with E-state index in [1.54, 1.807) is 49.5 Å². The lowest BCUT2D eigenvalue weighted by atomic mass is 10.2. The van der Waals surface area contributed by atoms with Gasteiger partial charge in [-0.15, -0.1) is 0 Å². The molecular weight excluding hydrogens is 366 g/mol. The highest BCUT2D eigenvalue weighted by molar-refractivity contribution is 6.30. The van der Waals surface area contributed by atoms with E-state index in [4.69, 9.17) is 16.3 Å². The number of anilines is 1. The molecular formula is C20H22ClN3O3. The number of hydrogen-bond acceptors (Lipinski definition) is 5. The minimum absolute atomic E-state index is 0.0137. The molecule has 7 heteroatoms. The molecule has 0 N–H and O–H groups in total. The summed E-state index contributed by atoms with van der Waals surface area (Å²) >= 11 is 5.90. The Kier molecular flexibility index (Phi) is 6.29. The van der Waals surface area contributed by atoms with Crippen LogP contribution in [0.3, 0.4) is 0 Å². The second-order valence-electron chi connectivity index (χ2n) is 6.23. The lowest BCUT2D eigenvalue weighted by Crippen LogP contribution is -2.35. The molecule has 27 heavy (non-hydrogen) atoms. The fourth-order valence-corrected chi connectivity index (χ4v) is 3.25. The summed E-state index contributed by atoms with van der Waals surface area (Å²) in [5.41, 5.74) is 1.08. The number of aromatic nitrogens is 1. The largest absolute Gasteiger partial charge is 0.462 e. The molecule has 0 bridgehead atoms. The number of halogens is 1. The van der Waals surface area contributed by atoms with Crippen LogP contribution < -0.4 is 4.90 Å². The molecule has 1 aliphatic rings. The van der Waals surface area contributed by atoms with Crippen LogP contribution >= 0.6 is 11.6 Å². The summed E-state index contributed by atoms with van der Waals surface area (Å²) in [6, 6.07) is 10.4. The van der Waals surface area contributed by atoms with Crippen LogP contribution in [0.2, 0.25) is 5.02 Å². The number of nitrogens with zero attached hydrogens (tertiary/aromatic N) is 3. The molecule has 3 rings (SSSR count). The third-order valence-corrected chi connectivity index (χ3v) is 4.71. The van der Waals surface area contributed by atoms with Crippen molar-refractivity contribution in [2.24, 2.45) is 0 Å². The molecule has 2 aromatic rings. The Balaban J connectivity index is 1.73. The Labute approximate surface area is 163 Å². The van der Waals surface area contributed by atoms with Crippen molar-refractivity contribution >= 4 is 29.3 Å². The van der Waals surface area contributed by atoms with Gasteiger partial charge in [-0.25, -0.2) is 9.78 Å². The van der Waals surface area contributed by atoms with Crippen LogP contribution in [0.25, 0.3) is 0 Å². The van der Waals surface area contributed by atoms with Gasteiger partial charge in [0.15, 0.2) is 0 Å². The van der Waals surface area contributed by atoms with Gasteiger partial charge in [-0.2, -0.15) is 0 Å². The third-order valence-electron chi connectivity index (χ3n) is 4.46. The first-order valence-corrected chi connectivity index (χ1v) is 9.40. The lowest BCUT2D eigenvalue weighted by Gasteiger charge is -2.24. The van der Waals surface area contributed by atoms with Gasteiger partial charge >= 0.3 is 5.97 Å². The first kappa shape index (κ1) is 19.2. The van der Waals surface area contributed by atoms with Crippen molar-refractivity contribution in [1.29, 1.82) is 0 Å². The van der Waals surface area contributed by atoms with Crippen LogP contribution in [0.15, 0.2) is 42.6 Å². The van der Waals surface area contributed by atoms with E-state index in [1.165, 1.54) is 0 Å². The SMILES string of the molecule is CCOC(=O)c1cccnc1N1CCCN(C(=O)c2ccc(Cl)cc2)CC1. The van der Waals surface area contributed by atoms with Crippen molar-refractivity contribution in [2.45, 2.75) is 13.3 Å². The summed E-state index contributed by atoms with van der Waals surface area (Å²) < 4.78 is 5.14. The van der Waals surface area contributed by atoms with Gasteiger partial charge in [-0.1, -0.05) is 11.6 Å². The van der Waals surface area contributed by atoms with Crippen molar-refractivity contribution in [3.63, 3.8) is 0 Å². The number of amides is 1. The van der Waals surface area contributed by atoms with E-state index in [0.29, 0.717) is 54.8 Å². The number of benzene rings is 1. The fraction of sp³-hybridized carbons (Fsp3) is 0.350. The molecule has 1 aromatic heterocycles. The van der Waals surface area contributed by atoms with Gasteiger partial charge in [0.1, 0.15) is 11.4 Å². The van der Waals surface area contributed by atoms with Crippen LogP contribution in [-0.4, -0.2) is 54.5 Å². The van der Waals surface area contributed by atoms with Crippen molar-refractivity contribution in [3.05, 3.63) is 58.7 Å². The molecule has 1 fully saturated rings. The second-order valence-corrected chi connectivity index (χ2v) is 6.67. The summed E-state index contributed by atoms with van der Waals surface area (Å²) in [5.74, 6) is 0.218. The van der Waals surface area contributed by atoms with E-state index in [9.17, 15) is 9.59 Å². The zero-order valence-electron chi connectivity index (χ0n) is 15.2. The molecule has 6 nitrogen and oxygen atoms in total. The molecule has 0 spiro atoms. The summed E-state index contributed by atoms with van der Waals surface area (Å²) in [4.78, 5) is 33.2. The Bertz CT molecular complexity index is 810. The number of hydrogen-bond donors (Lipinski definition) is 0. The standard InChI is InChI=1S/C20H22ClN3O3/c1-2-27-20(26)17-5-3-10-22-18(17)23-11-4-12-24(14-13-23)19(25)15-6-8-16(21)9-7-15/h3,5-10H,2,4,11-14H2,1H3. The van der Waals surface area contributed by atoms with Gasteiger partial charge in [0, 0.05) is 43.0 Å². The lowest BCUT2D eigenvalue weighted by molar-refractivity contribution is 0.0526. The summed E-state index contributed by atoms with van der Waals surface area (Å²) in [6.45, 7) is 4.62. The predicted molar refractivity (Wildman–Crippen MR) is 104 cm³/mol. The maximum absolute atomic E-state index is 12.7. The first-order chi connectivity index (χ1) is 13.1. The number of esters is 1. The van der Waals surface area contributed by atoms with E-state index < -0.39 is 0 Å². The molecule has 142 valence electrons. The fourth-order valence-electron chi connectivity index (χ4n) is 3.12. The Hall–Kier alpha value is -2.60. The quantitative estimate of drug-likeness (QED) is 0.753. The number of carbonyl (C=O) groups is 2. The Morgan fingerprint density at radius 1 is 1.11 bits per heavy atom. The minimum atomic E-state index is -0.376. The summed E-state index contributed by atoms with van der Waals surface area (Å²) in [7, 11) is 0. The predicted octanol–water partition coefficient (Wildman–Crippen LogP) is 3.26. The highest BCUT2D eigenvalue weighted by atomic mass is 35.5. The van der Waals surface area contributed by atoms with E-state index in [2.05, 4.69) is 4.98 Å². The third kappa shape index (κ3) is 4.57. The summed E-state index contributed by atoms with van der Waals surface area (Å²) in [5, 5.41) is 0.607. The molecule has 1 aromatic carbocycles. The van der Waals surface area contributed by atoms with Crippen LogP contribution in [0, 0.1) is 0 Å². The second kappa shape index (κ2) is 8.86. The van der Waals surface area contributed by atoms with Gasteiger partial charge in [0.25, 0.3) is 5.91 Å². The van der Waals surface area contributed by atoms with Crippen molar-refractivity contribution in [1.82, 2.24) is 9.88 Å². The van der Waals surface area contributed by atoms with Crippen LogP contribution in [0.4, 0.5) is 5.82 Å². The van der Waals surface area contributed by atoms with Gasteiger partial charge < -0.3 is 14.5 Å². The van der Waals surface area contributed by atoms with Crippen LogP contribution in [-0.2, 0) is 4.74 Å². The minimum Gasteiger partial charge on any atom is -0.462 e. The molecule has 0 aliphatic carbocycles. The number of ether oxygens (including phenoxy) is 1. The monoisotopic (exact) mass is 387 g/mol. The highest BCUT2D eigenvalue weighted by Crippen LogP contribution is 2.21. The van der Waals surface area contributed by atoms with Gasteiger partial charge in [-0.3, -0.25) is 4.79 Å². The Morgan fingerprint density at radius 2 is 1.89 bits per heavy atom. The summed E-state index contributed by atoms with van der Waals surface area (Å²) in [6.07, 6.45) is 2.46. The smallest absolute Gasteiger partial charge is 0.341 e. The van der Waals surface area contributed by atoms with Crippen LogP contribution in [0.5, 0.6) is 0 Å². The average Bonchev–Trinajstić information content (AvgIpc) is 2.94. The zero-order chi connectivity index (χ0) is 19.2. The van der Waals surface area contributed by atoms with E-state index in [1.807, 2.05) is 9.80 Å². The number of carbonyl (C=O) groups excluding carboxylic acids is 2. The normalized spacial score (nSPS) is 14.6. The average molecular weight is 388 g/mol. The maximum Gasteiger partial charge on any atom is 0.341 e. The molecule has 0 saturated carbocycles. The first-order valence-electron chi connectivity index (χ1n) is 9.02. The van der Waals surface area contributed by atoms with Crippen LogP contribution in [0.1, 0.15) is 34.1 Å². The molecule has 1 aliphatic heterocycles. The zero-order valence-corrected chi connectivity index (χ0v) is 16.0. The van der Waals surface area contributed by atoms with E-state index >= 15 is 0 Å². The van der Waals surface area contributed by atoms with Gasteiger partial charge in [0.05, 0.1) is 6.61 Å². The number of pyridine rings is 1. The Morgan fingerprint density at radius 3 is 2.63 bits per heavy atom. The van der Waals surface area contributed by atoms with Crippen molar-refractivity contribution < 1.29 is 14.3 Å². The molecule has 1 amide bonds. The maximum atomic E-state index is 12.7. The van der Waals surface area contributed by atoms with E-state index in [-0.39, 0.29) is 11.9 Å². The van der Waals surface area contributed by atoms with Gasteiger partial charge in [0.2, 0.25) is 0 Å². The van der Waals surface area contributed by atoms with E-state index in [0.717, 1.165) is 6.42 Å². The van der Waals surface area contributed by atoms with Crippen molar-refractivity contribution in [3.8, 4) is 0 Å².